The molecule has 0 saturated carbocycles. The molecule has 0 bridgehead atoms. The van der Waals surface area contributed by atoms with Gasteiger partial charge in [0.2, 0.25) is 5.91 Å². The van der Waals surface area contributed by atoms with Crippen LogP contribution in [0.5, 0.6) is 0 Å². The van der Waals surface area contributed by atoms with Crippen molar-refractivity contribution in [1.29, 1.82) is 0 Å². The number of carbonyl (C=O) groups excluding carboxylic acids is 2. The Morgan fingerprint density at radius 3 is 1.81 bits per heavy atom. The van der Waals surface area contributed by atoms with E-state index in [1.165, 1.54) is 6.92 Å². The topological polar surface area (TPSA) is 128 Å². The first-order chi connectivity index (χ1) is 25.4. The highest BCUT2D eigenvalue weighted by molar-refractivity contribution is 6.01. The van der Waals surface area contributed by atoms with Gasteiger partial charge in [-0.1, -0.05) is 109 Å². The second-order valence-electron chi connectivity index (χ2n) is 12.5. The molecule has 1 aromatic heterocycles. The van der Waals surface area contributed by atoms with Gasteiger partial charge in [-0.3, -0.25) is 4.79 Å². The number of H-pyrrole nitrogens is 1. The van der Waals surface area contributed by atoms with E-state index >= 15 is 0 Å². The molecule has 1 fully saturated rings. The summed E-state index contributed by atoms with van der Waals surface area (Å²) in [4.78, 5) is 28.9. The molecule has 270 valence electrons. The molecule has 0 unspecified atom stereocenters. The van der Waals surface area contributed by atoms with Crippen LogP contribution in [0.1, 0.15) is 47.9 Å². The third kappa shape index (κ3) is 9.03. The summed E-state index contributed by atoms with van der Waals surface area (Å²) < 4.78 is 32.3. The van der Waals surface area contributed by atoms with Crippen molar-refractivity contribution in [1.82, 2.24) is 10.3 Å². The number of carbonyl (C=O) groups is 2. The number of rotatable bonds is 15. The smallest absolute Gasteiger partial charge is 0.354 e. The standard InChI is InChI=1S/C42H44N2O8/c1-3-48-42(47)35(43-28(2)46)23-33-32-21-13-14-22-34(32)44-37(33)39-41(51-27-31-19-11-6-12-20-31)40(50-26-30-17-9-5-10-18-30)38(36(24-45)52-39)49-25-29-15-7-4-8-16-29/h4-23,36,38-41,44-45H,3,24-27H2,1-2H3,(H,43,46)/b35-23-/t36-,38-,39-,40+,41-/m1/s1. The number of fused-ring (bicyclic) bond motifs is 1. The van der Waals surface area contributed by atoms with Crippen LogP contribution >= 0.6 is 0 Å². The second-order valence-corrected chi connectivity index (χ2v) is 12.5. The van der Waals surface area contributed by atoms with Crippen molar-refractivity contribution < 1.29 is 38.4 Å². The zero-order valence-electron chi connectivity index (χ0n) is 29.3. The fourth-order valence-corrected chi connectivity index (χ4v) is 6.42. The fourth-order valence-electron chi connectivity index (χ4n) is 6.42. The highest BCUT2D eigenvalue weighted by Crippen LogP contribution is 2.41. The molecule has 5 atom stereocenters. The van der Waals surface area contributed by atoms with Crippen molar-refractivity contribution in [3.8, 4) is 0 Å². The van der Waals surface area contributed by atoms with E-state index in [-0.39, 0.29) is 38.7 Å². The molecular weight excluding hydrogens is 660 g/mol. The van der Waals surface area contributed by atoms with E-state index in [1.54, 1.807) is 13.0 Å². The summed E-state index contributed by atoms with van der Waals surface area (Å²) in [5.74, 6) is -1.10. The van der Waals surface area contributed by atoms with Crippen molar-refractivity contribution in [2.45, 2.75) is 64.2 Å². The van der Waals surface area contributed by atoms with E-state index in [1.807, 2.05) is 115 Å². The third-order valence-corrected chi connectivity index (χ3v) is 8.83. The number of para-hydroxylation sites is 1. The molecule has 1 amide bonds. The van der Waals surface area contributed by atoms with Gasteiger partial charge in [0.15, 0.2) is 0 Å². The minimum Gasteiger partial charge on any atom is -0.461 e. The lowest BCUT2D eigenvalue weighted by atomic mass is 9.90. The van der Waals surface area contributed by atoms with Gasteiger partial charge >= 0.3 is 5.97 Å². The van der Waals surface area contributed by atoms with Gasteiger partial charge in [-0.25, -0.2) is 4.79 Å². The van der Waals surface area contributed by atoms with Gasteiger partial charge < -0.3 is 39.1 Å². The number of esters is 1. The number of aromatic amines is 1. The lowest BCUT2D eigenvalue weighted by molar-refractivity contribution is -0.273. The van der Waals surface area contributed by atoms with E-state index in [4.69, 9.17) is 23.7 Å². The summed E-state index contributed by atoms with van der Waals surface area (Å²) >= 11 is 0. The van der Waals surface area contributed by atoms with Crippen LogP contribution in [-0.2, 0) is 53.1 Å². The highest BCUT2D eigenvalue weighted by Gasteiger charge is 2.49. The van der Waals surface area contributed by atoms with Gasteiger partial charge in [-0.05, 0) is 35.8 Å². The summed E-state index contributed by atoms with van der Waals surface area (Å²) in [5.41, 5.74) is 4.76. The second kappa shape index (κ2) is 17.9. The average molecular weight is 705 g/mol. The molecule has 5 aromatic rings. The minimum atomic E-state index is -0.849. The van der Waals surface area contributed by atoms with E-state index in [0.717, 1.165) is 27.6 Å². The van der Waals surface area contributed by atoms with E-state index in [9.17, 15) is 14.7 Å². The van der Waals surface area contributed by atoms with Crippen LogP contribution in [0, 0.1) is 0 Å². The summed E-state index contributed by atoms with van der Waals surface area (Å²) in [7, 11) is 0. The molecule has 1 aliphatic heterocycles. The van der Waals surface area contributed by atoms with E-state index < -0.39 is 42.4 Å². The first-order valence-electron chi connectivity index (χ1n) is 17.4. The number of benzene rings is 4. The number of aromatic nitrogens is 1. The Bertz CT molecular complexity index is 1930. The maximum atomic E-state index is 13.1. The number of hydrogen-bond acceptors (Lipinski definition) is 8. The predicted molar refractivity (Wildman–Crippen MR) is 196 cm³/mol. The minimum absolute atomic E-state index is 0.0300. The van der Waals surface area contributed by atoms with Crippen molar-refractivity contribution >= 4 is 28.9 Å². The Labute approximate surface area is 303 Å². The molecule has 10 nitrogen and oxygen atoms in total. The van der Waals surface area contributed by atoms with Gasteiger partial charge in [0.05, 0.1) is 38.7 Å². The van der Waals surface area contributed by atoms with Crippen molar-refractivity contribution in [3.05, 3.63) is 149 Å². The van der Waals surface area contributed by atoms with Crippen LogP contribution in [-0.4, -0.2) is 59.6 Å². The average Bonchev–Trinajstić information content (AvgIpc) is 3.54. The lowest BCUT2D eigenvalue weighted by Gasteiger charge is -2.46. The van der Waals surface area contributed by atoms with Gasteiger partial charge in [0.25, 0.3) is 0 Å². The summed E-state index contributed by atoms with van der Waals surface area (Å²) in [6, 6.07) is 37.0. The van der Waals surface area contributed by atoms with E-state index in [2.05, 4.69) is 10.3 Å². The Hall–Kier alpha value is -5.10. The summed E-state index contributed by atoms with van der Waals surface area (Å²) in [6.45, 7) is 3.53. The van der Waals surface area contributed by atoms with Crippen LogP contribution in [0.2, 0.25) is 0 Å². The van der Waals surface area contributed by atoms with Gasteiger partial charge in [-0.2, -0.15) is 0 Å². The van der Waals surface area contributed by atoms with Crippen LogP contribution < -0.4 is 5.32 Å². The normalized spacial score (nSPS) is 20.4. The monoisotopic (exact) mass is 704 g/mol. The predicted octanol–water partition coefficient (Wildman–Crippen LogP) is 6.40. The Kier molecular flexibility index (Phi) is 12.6. The zero-order chi connectivity index (χ0) is 36.3. The molecule has 1 saturated heterocycles. The molecule has 0 aliphatic carbocycles. The molecule has 1 aliphatic rings. The van der Waals surface area contributed by atoms with Gasteiger partial charge in [0, 0.05) is 23.4 Å². The van der Waals surface area contributed by atoms with Crippen molar-refractivity contribution in [2.75, 3.05) is 13.2 Å². The first kappa shape index (κ1) is 36.7. The fraction of sp³-hybridized carbons (Fsp3) is 0.286. The molecule has 52 heavy (non-hydrogen) atoms. The summed E-state index contributed by atoms with van der Waals surface area (Å²) in [6.07, 6.45) is -2.32. The highest BCUT2D eigenvalue weighted by atomic mass is 16.6. The number of ether oxygens (including phenoxy) is 5. The lowest BCUT2D eigenvalue weighted by Crippen LogP contribution is -2.58. The number of aliphatic hydroxyl groups is 1. The number of hydrogen-bond donors (Lipinski definition) is 3. The largest absolute Gasteiger partial charge is 0.461 e. The maximum absolute atomic E-state index is 13.1. The van der Waals surface area contributed by atoms with Gasteiger partial charge in [-0.15, -0.1) is 0 Å². The number of nitrogens with one attached hydrogen (secondary N) is 2. The quantitative estimate of drug-likeness (QED) is 0.0845. The Morgan fingerprint density at radius 1 is 0.750 bits per heavy atom. The van der Waals surface area contributed by atoms with Crippen LogP contribution in [0.3, 0.4) is 0 Å². The molecule has 3 N–H and O–H groups in total. The number of aliphatic hydroxyl groups excluding tert-OH is 1. The molecular formula is C42H44N2O8. The molecule has 0 radical (unpaired) electrons. The molecule has 2 heterocycles. The SMILES string of the molecule is CCOC(=O)/C(=C/c1c([C@H]2O[C@H](CO)[C@@H](OCc3ccccc3)[C@H](OCc3ccccc3)[C@@H]2OCc2ccccc2)[nH]c2ccccc12)NC(C)=O. The maximum Gasteiger partial charge on any atom is 0.354 e. The van der Waals surface area contributed by atoms with Crippen molar-refractivity contribution in [2.24, 2.45) is 0 Å². The van der Waals surface area contributed by atoms with E-state index in [0.29, 0.717) is 11.3 Å². The van der Waals surface area contributed by atoms with Gasteiger partial charge in [0.1, 0.15) is 36.2 Å². The van der Waals surface area contributed by atoms with Crippen LogP contribution in [0.25, 0.3) is 17.0 Å². The molecule has 0 spiro atoms. The number of amides is 1. The molecule has 6 rings (SSSR count). The van der Waals surface area contributed by atoms with Crippen LogP contribution in [0.4, 0.5) is 0 Å². The Balaban J connectivity index is 1.47. The third-order valence-electron chi connectivity index (χ3n) is 8.83. The zero-order valence-corrected chi connectivity index (χ0v) is 29.3. The first-order valence-corrected chi connectivity index (χ1v) is 17.4. The van der Waals surface area contributed by atoms with Crippen LogP contribution in [0.15, 0.2) is 121 Å². The molecule has 10 heteroatoms. The molecule has 4 aromatic carbocycles. The summed E-state index contributed by atoms with van der Waals surface area (Å²) in [5, 5.41) is 14.3. The Morgan fingerprint density at radius 2 is 1.27 bits per heavy atom. The van der Waals surface area contributed by atoms with Crippen molar-refractivity contribution in [3.63, 3.8) is 0 Å².